The van der Waals surface area contributed by atoms with Gasteiger partial charge >= 0.3 is 0 Å². The first-order chi connectivity index (χ1) is 10.5. The van der Waals surface area contributed by atoms with Crippen LogP contribution in [0.1, 0.15) is 19.4 Å². The maximum atomic E-state index is 11.8. The van der Waals surface area contributed by atoms with E-state index < -0.39 is 5.41 Å². The van der Waals surface area contributed by atoms with Crippen molar-refractivity contribution < 1.29 is 9.53 Å². The molecule has 1 amide bonds. The zero-order valence-corrected chi connectivity index (χ0v) is 13.9. The molecule has 1 rings (SSSR count). The van der Waals surface area contributed by atoms with Crippen LogP contribution in [-0.4, -0.2) is 24.9 Å². The molecule has 0 spiro atoms. The minimum atomic E-state index is -0.580. The molecule has 0 heterocycles. The van der Waals surface area contributed by atoms with E-state index in [-0.39, 0.29) is 24.9 Å². The number of hydrogen-bond donors (Lipinski definition) is 1. The van der Waals surface area contributed by atoms with E-state index in [1.54, 1.807) is 13.8 Å². The Morgan fingerprint density at radius 3 is 2.82 bits per heavy atom. The number of ether oxygens (including phenoxy) is 1. The topological polar surface area (TPSA) is 38.3 Å². The third-order valence-corrected chi connectivity index (χ3v) is 3.72. The van der Waals surface area contributed by atoms with Gasteiger partial charge in [-0.2, -0.15) is 0 Å². The van der Waals surface area contributed by atoms with Crippen LogP contribution in [0.2, 0.25) is 0 Å². The lowest BCUT2D eigenvalue weighted by Crippen LogP contribution is -2.38. The molecule has 4 heteroatoms. The van der Waals surface area contributed by atoms with Crippen molar-refractivity contribution in [1.29, 1.82) is 0 Å². The number of nitrogens with one attached hydrogen (secondary N) is 1. The molecule has 0 saturated heterocycles. The minimum Gasteiger partial charge on any atom is -0.481 e. The minimum absolute atomic E-state index is 0.103. The fraction of sp³-hybridized carbons (Fsp3) is 0.389. The van der Waals surface area contributed by atoms with E-state index in [4.69, 9.17) is 16.3 Å². The van der Waals surface area contributed by atoms with Crippen molar-refractivity contribution in [3.8, 4) is 17.6 Å². The number of rotatable bonds is 7. The average Bonchev–Trinajstić information content (AvgIpc) is 2.52. The Morgan fingerprint density at radius 2 is 2.14 bits per heavy atom. The molecule has 0 radical (unpaired) electrons. The third kappa shape index (κ3) is 5.83. The molecule has 0 unspecified atom stereocenters. The van der Waals surface area contributed by atoms with Gasteiger partial charge in [0.05, 0.1) is 12.0 Å². The van der Waals surface area contributed by atoms with Crippen LogP contribution >= 0.6 is 11.6 Å². The highest BCUT2D eigenvalue weighted by atomic mass is 35.5. The van der Waals surface area contributed by atoms with Crippen molar-refractivity contribution in [2.45, 2.75) is 20.3 Å². The maximum Gasteiger partial charge on any atom is 0.227 e. The summed E-state index contributed by atoms with van der Waals surface area (Å²) in [5.74, 6) is 6.73. The first-order valence-corrected chi connectivity index (χ1v) is 7.66. The molecule has 1 N–H and O–H groups in total. The van der Waals surface area contributed by atoms with Crippen molar-refractivity contribution in [2.24, 2.45) is 5.41 Å². The predicted molar refractivity (Wildman–Crippen MR) is 91.1 cm³/mol. The zero-order valence-electron chi connectivity index (χ0n) is 13.1. The molecule has 118 valence electrons. The fourth-order valence-electron chi connectivity index (χ4n) is 1.62. The Kier molecular flexibility index (Phi) is 7.56. The highest BCUT2D eigenvalue weighted by Crippen LogP contribution is 2.18. The lowest BCUT2D eigenvalue weighted by molar-refractivity contribution is -0.128. The van der Waals surface area contributed by atoms with Gasteiger partial charge in [0.15, 0.2) is 0 Å². The number of halogens is 1. The Morgan fingerprint density at radius 1 is 1.41 bits per heavy atom. The number of carbonyl (C=O) groups excluding carboxylic acids is 1. The van der Waals surface area contributed by atoms with E-state index in [2.05, 4.69) is 23.7 Å². The zero-order chi connectivity index (χ0) is 16.4. The van der Waals surface area contributed by atoms with Gasteiger partial charge in [0.25, 0.3) is 0 Å². The molecular formula is C18H22ClNO2. The van der Waals surface area contributed by atoms with Crippen LogP contribution in [0.4, 0.5) is 0 Å². The second-order valence-electron chi connectivity index (χ2n) is 5.44. The number of para-hydroxylation sites is 1. The average molecular weight is 320 g/mol. The number of amides is 1. The van der Waals surface area contributed by atoms with E-state index >= 15 is 0 Å². The smallest absolute Gasteiger partial charge is 0.227 e. The molecule has 0 atom stereocenters. The molecule has 1 aromatic carbocycles. The van der Waals surface area contributed by atoms with E-state index in [1.165, 1.54) is 0 Å². The van der Waals surface area contributed by atoms with Crippen LogP contribution in [0.5, 0.6) is 5.75 Å². The van der Waals surface area contributed by atoms with Gasteiger partial charge in [0.2, 0.25) is 5.91 Å². The second-order valence-corrected chi connectivity index (χ2v) is 5.71. The van der Waals surface area contributed by atoms with Gasteiger partial charge in [0.1, 0.15) is 12.4 Å². The molecule has 22 heavy (non-hydrogen) atoms. The first-order valence-electron chi connectivity index (χ1n) is 7.13. The SMILES string of the molecule is C=CCc1ccccc1OCC#CCNC(=O)C(C)(C)CCl. The summed E-state index contributed by atoms with van der Waals surface area (Å²) in [6, 6.07) is 7.79. The lowest BCUT2D eigenvalue weighted by atomic mass is 9.95. The molecule has 0 aliphatic heterocycles. The summed E-state index contributed by atoms with van der Waals surface area (Å²) in [5, 5.41) is 2.74. The summed E-state index contributed by atoms with van der Waals surface area (Å²) in [6.07, 6.45) is 2.59. The normalized spacial score (nSPS) is 10.3. The van der Waals surface area contributed by atoms with Crippen molar-refractivity contribution in [2.75, 3.05) is 19.0 Å². The summed E-state index contributed by atoms with van der Waals surface area (Å²) < 4.78 is 5.63. The van der Waals surface area contributed by atoms with Crippen LogP contribution in [0, 0.1) is 17.3 Å². The third-order valence-electron chi connectivity index (χ3n) is 3.05. The number of allylic oxidation sites excluding steroid dienone is 1. The predicted octanol–water partition coefficient (Wildman–Crippen LogP) is 3.18. The largest absolute Gasteiger partial charge is 0.481 e. The van der Waals surface area contributed by atoms with Gasteiger partial charge in [-0.25, -0.2) is 0 Å². The van der Waals surface area contributed by atoms with Crippen molar-refractivity contribution in [1.82, 2.24) is 5.32 Å². The highest BCUT2D eigenvalue weighted by Gasteiger charge is 2.25. The van der Waals surface area contributed by atoms with E-state index in [0.717, 1.165) is 17.7 Å². The highest BCUT2D eigenvalue weighted by molar-refractivity contribution is 6.19. The Labute approximate surface area is 137 Å². The lowest BCUT2D eigenvalue weighted by Gasteiger charge is -2.19. The summed E-state index contributed by atoms with van der Waals surface area (Å²) in [5.41, 5.74) is 0.500. The standard InChI is InChI=1S/C18H22ClNO2/c1-4-9-15-10-5-6-11-16(15)22-13-8-7-12-20-17(21)18(2,3)14-19/h4-6,10-11H,1,9,12-14H2,2-3H3,(H,20,21). The van der Waals surface area contributed by atoms with Gasteiger partial charge in [0, 0.05) is 5.88 Å². The molecule has 0 saturated carbocycles. The number of carbonyl (C=O) groups is 1. The second kappa shape index (κ2) is 9.17. The van der Waals surface area contributed by atoms with Crippen LogP contribution < -0.4 is 10.1 Å². The molecule has 0 aliphatic carbocycles. The number of hydrogen-bond acceptors (Lipinski definition) is 2. The van der Waals surface area contributed by atoms with Crippen LogP contribution in [0.25, 0.3) is 0 Å². The molecule has 0 bridgehead atoms. The number of benzene rings is 1. The van der Waals surface area contributed by atoms with Crippen molar-refractivity contribution >= 4 is 17.5 Å². The van der Waals surface area contributed by atoms with Crippen LogP contribution in [0.3, 0.4) is 0 Å². The molecular weight excluding hydrogens is 298 g/mol. The fourth-order valence-corrected chi connectivity index (χ4v) is 1.74. The van der Waals surface area contributed by atoms with E-state index in [9.17, 15) is 4.79 Å². The van der Waals surface area contributed by atoms with Crippen LogP contribution in [0.15, 0.2) is 36.9 Å². The van der Waals surface area contributed by atoms with Gasteiger partial charge in [-0.3, -0.25) is 4.79 Å². The van der Waals surface area contributed by atoms with Crippen LogP contribution in [-0.2, 0) is 11.2 Å². The van der Waals surface area contributed by atoms with Gasteiger partial charge < -0.3 is 10.1 Å². The summed E-state index contributed by atoms with van der Waals surface area (Å²) >= 11 is 5.74. The van der Waals surface area contributed by atoms with E-state index in [0.29, 0.717) is 0 Å². The summed E-state index contributed by atoms with van der Waals surface area (Å²) in [6.45, 7) is 7.89. The Bertz CT molecular complexity index is 570. The van der Waals surface area contributed by atoms with Gasteiger partial charge in [-0.1, -0.05) is 36.1 Å². The Hall–Kier alpha value is -1.92. The maximum absolute atomic E-state index is 11.8. The van der Waals surface area contributed by atoms with E-state index in [1.807, 2.05) is 30.3 Å². The summed E-state index contributed by atoms with van der Waals surface area (Å²) in [4.78, 5) is 11.8. The van der Waals surface area contributed by atoms with Gasteiger partial charge in [-0.15, -0.1) is 18.2 Å². The quantitative estimate of drug-likeness (QED) is 0.476. The van der Waals surface area contributed by atoms with Gasteiger partial charge in [-0.05, 0) is 31.9 Å². The number of alkyl halides is 1. The Balaban J connectivity index is 2.40. The van der Waals surface area contributed by atoms with Crippen molar-refractivity contribution in [3.05, 3.63) is 42.5 Å². The summed E-state index contributed by atoms with van der Waals surface area (Å²) in [7, 11) is 0. The monoisotopic (exact) mass is 319 g/mol. The molecule has 1 aromatic rings. The molecule has 0 fully saturated rings. The van der Waals surface area contributed by atoms with Crippen molar-refractivity contribution in [3.63, 3.8) is 0 Å². The molecule has 3 nitrogen and oxygen atoms in total. The molecule has 0 aromatic heterocycles. The first kappa shape index (κ1) is 18.1. The molecule has 0 aliphatic rings.